The van der Waals surface area contributed by atoms with Crippen LogP contribution in [0.25, 0.3) is 5.69 Å². The van der Waals surface area contributed by atoms with Gasteiger partial charge in [-0.05, 0) is 33.8 Å². The lowest BCUT2D eigenvalue weighted by Crippen LogP contribution is -2.41. The summed E-state index contributed by atoms with van der Waals surface area (Å²) in [5.74, 6) is -0.680. The molecule has 2 unspecified atom stereocenters. The highest BCUT2D eigenvalue weighted by Gasteiger charge is 2.30. The van der Waals surface area contributed by atoms with Gasteiger partial charge < -0.3 is 4.55 Å². The normalized spacial score (nSPS) is 14.9. The van der Waals surface area contributed by atoms with Crippen LogP contribution in [0.5, 0.6) is 0 Å². The van der Waals surface area contributed by atoms with Gasteiger partial charge in [0.25, 0.3) is 0 Å². The Hall–Kier alpha value is -1.22. The van der Waals surface area contributed by atoms with E-state index in [1.807, 2.05) is 20.8 Å². The maximum absolute atomic E-state index is 14.1. The topological polar surface area (TPSA) is 78.7 Å². The summed E-state index contributed by atoms with van der Waals surface area (Å²) in [5.41, 5.74) is 0.710. The van der Waals surface area contributed by atoms with E-state index in [2.05, 4.69) is 20.0 Å². The van der Waals surface area contributed by atoms with Gasteiger partial charge in [-0.25, -0.2) is 14.1 Å². The van der Waals surface area contributed by atoms with Crippen LogP contribution < -0.4 is 4.72 Å². The SMILES string of the molecule is CC(N[S+]([O-])C(C)(C)C)c1cnnn1-c1ccnc(Cl)c1F. The third-order valence-corrected chi connectivity index (χ3v) is 4.86. The molecule has 6 nitrogen and oxygen atoms in total. The van der Waals surface area contributed by atoms with Crippen molar-refractivity contribution in [2.75, 3.05) is 0 Å². The fourth-order valence-electron chi connectivity index (χ4n) is 1.70. The number of nitrogens with one attached hydrogen (secondary N) is 1. The van der Waals surface area contributed by atoms with E-state index in [0.717, 1.165) is 0 Å². The molecule has 2 rings (SSSR count). The Balaban J connectivity index is 2.32. The zero-order valence-electron chi connectivity index (χ0n) is 12.7. The average Bonchev–Trinajstić information content (AvgIpc) is 2.90. The van der Waals surface area contributed by atoms with Crippen molar-refractivity contribution in [3.05, 3.63) is 35.1 Å². The molecule has 2 heterocycles. The largest absolute Gasteiger partial charge is 0.598 e. The minimum Gasteiger partial charge on any atom is -0.598 e. The highest BCUT2D eigenvalue weighted by molar-refractivity contribution is 7.90. The number of pyridine rings is 1. The number of nitrogens with zero attached hydrogens (tertiary/aromatic N) is 4. The van der Waals surface area contributed by atoms with Gasteiger partial charge in [0.2, 0.25) is 0 Å². The van der Waals surface area contributed by atoms with Crippen LogP contribution >= 0.6 is 11.6 Å². The standard InChI is InChI=1S/C13H17ClFN5OS/c1-8(18-22(21)13(2,3)4)10-7-17-19-20(10)9-5-6-16-12(14)11(9)15/h5-8,18H,1-4H3. The Labute approximate surface area is 136 Å². The molecule has 0 saturated carbocycles. The Morgan fingerprint density at radius 3 is 2.77 bits per heavy atom. The number of aromatic nitrogens is 4. The van der Waals surface area contributed by atoms with E-state index in [1.165, 1.54) is 23.1 Å². The van der Waals surface area contributed by atoms with Crippen LogP contribution in [0.15, 0.2) is 18.5 Å². The lowest BCUT2D eigenvalue weighted by Gasteiger charge is -2.26. The van der Waals surface area contributed by atoms with Crippen LogP contribution in [-0.4, -0.2) is 29.3 Å². The molecule has 0 saturated heterocycles. The first-order valence-electron chi connectivity index (χ1n) is 6.61. The third kappa shape index (κ3) is 3.57. The summed E-state index contributed by atoms with van der Waals surface area (Å²) >= 11 is 4.42. The van der Waals surface area contributed by atoms with Gasteiger partial charge in [-0.2, -0.15) is 0 Å². The van der Waals surface area contributed by atoms with Gasteiger partial charge >= 0.3 is 0 Å². The average molecular weight is 346 g/mol. The number of hydrogen-bond donors (Lipinski definition) is 1. The first-order chi connectivity index (χ1) is 10.2. The molecule has 0 aliphatic rings. The molecule has 2 aromatic rings. The van der Waals surface area contributed by atoms with Crippen LogP contribution in [0, 0.1) is 5.82 Å². The van der Waals surface area contributed by atoms with E-state index in [0.29, 0.717) is 5.69 Å². The monoisotopic (exact) mass is 345 g/mol. The van der Waals surface area contributed by atoms with Crippen molar-refractivity contribution in [2.24, 2.45) is 0 Å². The molecule has 2 aromatic heterocycles. The summed E-state index contributed by atoms with van der Waals surface area (Å²) < 4.78 is 30.1. The fourth-order valence-corrected chi connectivity index (χ4v) is 2.64. The molecule has 0 aromatic carbocycles. The highest BCUT2D eigenvalue weighted by atomic mass is 35.5. The van der Waals surface area contributed by atoms with Crippen molar-refractivity contribution in [3.63, 3.8) is 0 Å². The summed E-state index contributed by atoms with van der Waals surface area (Å²) in [5, 5.41) is 7.45. The molecule has 0 fully saturated rings. The van der Waals surface area contributed by atoms with Gasteiger partial charge in [0.05, 0.1) is 17.9 Å². The molecule has 1 N–H and O–H groups in total. The van der Waals surface area contributed by atoms with Crippen molar-refractivity contribution in [2.45, 2.75) is 38.5 Å². The highest BCUT2D eigenvalue weighted by Crippen LogP contribution is 2.23. The van der Waals surface area contributed by atoms with Gasteiger partial charge in [0.15, 0.2) is 11.0 Å². The minimum atomic E-state index is -1.28. The first kappa shape index (κ1) is 17.1. The van der Waals surface area contributed by atoms with Crippen LogP contribution in [0.4, 0.5) is 4.39 Å². The Bertz CT molecular complexity index is 660. The van der Waals surface area contributed by atoms with E-state index in [-0.39, 0.29) is 16.9 Å². The van der Waals surface area contributed by atoms with Gasteiger partial charge in [-0.1, -0.05) is 16.8 Å². The van der Waals surface area contributed by atoms with Gasteiger partial charge in [0.1, 0.15) is 10.4 Å². The van der Waals surface area contributed by atoms with Crippen LogP contribution in [0.3, 0.4) is 0 Å². The quantitative estimate of drug-likeness (QED) is 0.680. The fraction of sp³-hybridized carbons (Fsp3) is 0.462. The zero-order valence-corrected chi connectivity index (χ0v) is 14.2. The van der Waals surface area contributed by atoms with Gasteiger partial charge in [0, 0.05) is 17.6 Å². The Morgan fingerprint density at radius 2 is 2.14 bits per heavy atom. The second-order valence-corrected chi connectivity index (χ2v) is 8.08. The van der Waals surface area contributed by atoms with Crippen LogP contribution in [0.1, 0.15) is 39.4 Å². The number of hydrogen-bond acceptors (Lipinski definition) is 5. The van der Waals surface area contributed by atoms with Gasteiger partial charge in [-0.3, -0.25) is 0 Å². The molecule has 0 spiro atoms. The predicted octanol–water partition coefficient (Wildman–Crippen LogP) is 2.57. The third-order valence-electron chi connectivity index (χ3n) is 2.91. The molecule has 0 aliphatic carbocycles. The van der Waals surface area contributed by atoms with Gasteiger partial charge in [-0.15, -0.1) is 9.82 Å². The molecular weight excluding hydrogens is 329 g/mol. The van der Waals surface area contributed by atoms with E-state index < -0.39 is 21.9 Å². The molecule has 0 bridgehead atoms. The second kappa shape index (κ2) is 6.49. The number of halogens is 2. The zero-order chi connectivity index (χ0) is 16.5. The second-order valence-electron chi connectivity index (χ2n) is 5.73. The number of rotatable bonds is 4. The molecule has 0 amide bonds. The molecule has 9 heteroatoms. The summed E-state index contributed by atoms with van der Waals surface area (Å²) in [6.07, 6.45) is 2.88. The van der Waals surface area contributed by atoms with Crippen molar-refractivity contribution in [1.82, 2.24) is 24.7 Å². The minimum absolute atomic E-state index is 0.141. The predicted molar refractivity (Wildman–Crippen MR) is 83.6 cm³/mol. The van der Waals surface area contributed by atoms with E-state index >= 15 is 0 Å². The van der Waals surface area contributed by atoms with E-state index in [9.17, 15) is 8.94 Å². The molecule has 120 valence electrons. The van der Waals surface area contributed by atoms with E-state index in [4.69, 9.17) is 11.6 Å². The van der Waals surface area contributed by atoms with Crippen LogP contribution in [0.2, 0.25) is 5.15 Å². The van der Waals surface area contributed by atoms with Crippen LogP contribution in [-0.2, 0) is 11.4 Å². The summed E-state index contributed by atoms with van der Waals surface area (Å²) in [6, 6.07) is 1.11. The van der Waals surface area contributed by atoms with Crippen molar-refractivity contribution >= 4 is 23.0 Å². The maximum Gasteiger partial charge on any atom is 0.186 e. The van der Waals surface area contributed by atoms with Crippen molar-refractivity contribution in [3.8, 4) is 5.69 Å². The Kier molecular flexibility index (Phi) is 5.06. The van der Waals surface area contributed by atoms with E-state index in [1.54, 1.807) is 6.92 Å². The summed E-state index contributed by atoms with van der Waals surface area (Å²) in [4.78, 5) is 3.67. The first-order valence-corrected chi connectivity index (χ1v) is 8.13. The summed E-state index contributed by atoms with van der Waals surface area (Å²) in [7, 11) is 0. The molecule has 0 radical (unpaired) electrons. The van der Waals surface area contributed by atoms with Crippen molar-refractivity contribution < 1.29 is 8.94 Å². The molecule has 0 aliphatic heterocycles. The molecule has 2 atom stereocenters. The molecular formula is C13H17ClFN5OS. The Morgan fingerprint density at radius 1 is 1.45 bits per heavy atom. The lowest BCUT2D eigenvalue weighted by molar-refractivity contribution is 0.524. The lowest BCUT2D eigenvalue weighted by atomic mass is 10.2. The summed E-state index contributed by atoms with van der Waals surface area (Å²) in [6.45, 7) is 7.39. The maximum atomic E-state index is 14.1. The van der Waals surface area contributed by atoms with Crippen molar-refractivity contribution in [1.29, 1.82) is 0 Å². The molecule has 22 heavy (non-hydrogen) atoms. The smallest absolute Gasteiger partial charge is 0.186 e.